The fraction of sp³-hybridized carbons (Fsp3) is 1.00. The topological polar surface area (TPSA) is 26.7 Å². The van der Waals surface area contributed by atoms with Crippen LogP contribution in [0.4, 0.5) is 0 Å². The molecule has 3 heteroatoms. The summed E-state index contributed by atoms with van der Waals surface area (Å²) in [5.41, 5.74) is 0.417. The summed E-state index contributed by atoms with van der Waals surface area (Å²) in [5.74, 6) is 0.698. The second-order valence-electron chi connectivity index (χ2n) is 7.54. The van der Waals surface area contributed by atoms with Crippen molar-refractivity contribution in [1.82, 2.24) is 9.80 Å². The van der Waals surface area contributed by atoms with Crippen molar-refractivity contribution in [3.8, 4) is 0 Å². The number of piperazine rings is 1. The van der Waals surface area contributed by atoms with E-state index in [1.165, 1.54) is 58.5 Å². The van der Waals surface area contributed by atoms with Crippen LogP contribution < -0.4 is 0 Å². The third-order valence-electron chi connectivity index (χ3n) is 4.61. The zero-order chi connectivity index (χ0) is 15.0. The van der Waals surface area contributed by atoms with Crippen molar-refractivity contribution < 1.29 is 5.11 Å². The summed E-state index contributed by atoms with van der Waals surface area (Å²) >= 11 is 0. The average Bonchev–Trinajstić information content (AvgIpc) is 2.41. The fourth-order valence-corrected chi connectivity index (χ4v) is 2.95. The molecule has 3 nitrogen and oxygen atoms in total. The molecule has 1 fully saturated rings. The normalized spacial score (nSPS) is 20.2. The van der Waals surface area contributed by atoms with E-state index < -0.39 is 0 Å². The Morgan fingerprint density at radius 1 is 0.950 bits per heavy atom. The van der Waals surface area contributed by atoms with Crippen LogP contribution in [0.25, 0.3) is 0 Å². The number of hydrogen-bond donors (Lipinski definition) is 1. The molecule has 0 aromatic heterocycles. The summed E-state index contributed by atoms with van der Waals surface area (Å²) in [4.78, 5) is 5.13. The van der Waals surface area contributed by atoms with Gasteiger partial charge in [-0.25, -0.2) is 0 Å². The van der Waals surface area contributed by atoms with Gasteiger partial charge in [-0.15, -0.1) is 0 Å². The number of rotatable bonds is 8. The van der Waals surface area contributed by atoms with Crippen molar-refractivity contribution in [1.29, 1.82) is 0 Å². The molecule has 1 aliphatic heterocycles. The Balaban J connectivity index is 2.25. The lowest BCUT2D eigenvalue weighted by Crippen LogP contribution is -2.46. The zero-order valence-corrected chi connectivity index (χ0v) is 14.2. The van der Waals surface area contributed by atoms with E-state index in [1.54, 1.807) is 0 Å². The van der Waals surface area contributed by atoms with Crippen molar-refractivity contribution in [3.63, 3.8) is 0 Å². The van der Waals surface area contributed by atoms with E-state index in [1.807, 2.05) is 0 Å². The quantitative estimate of drug-likeness (QED) is 0.742. The highest BCUT2D eigenvalue weighted by atomic mass is 16.3. The maximum Gasteiger partial charge on any atom is 0.0433 e. The molecule has 1 atom stereocenters. The molecule has 1 saturated heterocycles. The Labute approximate surface area is 126 Å². The van der Waals surface area contributed by atoms with Gasteiger partial charge < -0.3 is 14.9 Å². The van der Waals surface area contributed by atoms with Crippen LogP contribution in [-0.4, -0.2) is 60.8 Å². The van der Waals surface area contributed by atoms with Crippen LogP contribution in [-0.2, 0) is 0 Å². The Hall–Kier alpha value is -0.120. The van der Waals surface area contributed by atoms with Crippen molar-refractivity contribution in [2.75, 3.05) is 45.9 Å². The van der Waals surface area contributed by atoms with Crippen LogP contribution in [0.3, 0.4) is 0 Å². The molecule has 120 valence electrons. The third kappa shape index (κ3) is 7.61. The van der Waals surface area contributed by atoms with Gasteiger partial charge in [0.05, 0.1) is 0 Å². The van der Waals surface area contributed by atoms with Crippen molar-refractivity contribution in [2.24, 2.45) is 11.3 Å². The van der Waals surface area contributed by atoms with Gasteiger partial charge in [-0.1, -0.05) is 27.7 Å². The number of hydrogen-bond acceptors (Lipinski definition) is 3. The molecule has 0 aromatic carbocycles. The van der Waals surface area contributed by atoms with Crippen molar-refractivity contribution in [2.45, 2.75) is 53.4 Å². The van der Waals surface area contributed by atoms with Gasteiger partial charge in [0.25, 0.3) is 0 Å². The number of aliphatic hydroxyl groups excluding tert-OH is 1. The van der Waals surface area contributed by atoms with E-state index >= 15 is 0 Å². The molecule has 0 unspecified atom stereocenters. The molecule has 0 spiro atoms. The third-order valence-corrected chi connectivity index (χ3v) is 4.61. The van der Waals surface area contributed by atoms with Gasteiger partial charge in [0.1, 0.15) is 0 Å². The molecule has 1 N–H and O–H groups in total. The lowest BCUT2D eigenvalue weighted by Gasteiger charge is -2.35. The van der Waals surface area contributed by atoms with E-state index in [0.29, 0.717) is 17.9 Å². The number of aliphatic hydroxyl groups is 1. The molecular weight excluding hydrogens is 248 g/mol. The first-order valence-corrected chi connectivity index (χ1v) is 8.50. The van der Waals surface area contributed by atoms with E-state index in [0.717, 1.165) is 6.42 Å². The van der Waals surface area contributed by atoms with Crippen LogP contribution in [0.15, 0.2) is 0 Å². The van der Waals surface area contributed by atoms with Crippen LogP contribution in [0.2, 0.25) is 0 Å². The molecule has 0 bridgehead atoms. The maximum atomic E-state index is 9.25. The Morgan fingerprint density at radius 3 is 2.05 bits per heavy atom. The van der Waals surface area contributed by atoms with Gasteiger partial charge >= 0.3 is 0 Å². The molecule has 0 aromatic rings. The average molecular weight is 284 g/mol. The second-order valence-corrected chi connectivity index (χ2v) is 7.54. The van der Waals surface area contributed by atoms with Crippen LogP contribution in [0, 0.1) is 11.3 Å². The lowest BCUT2D eigenvalue weighted by atomic mass is 9.84. The largest absolute Gasteiger partial charge is 0.396 e. The number of nitrogens with zero attached hydrogens (tertiary/aromatic N) is 2. The highest BCUT2D eigenvalue weighted by molar-refractivity contribution is 4.73. The predicted octanol–water partition coefficient (Wildman–Crippen LogP) is 2.84. The van der Waals surface area contributed by atoms with Crippen molar-refractivity contribution in [3.05, 3.63) is 0 Å². The van der Waals surface area contributed by atoms with Crippen LogP contribution in [0.5, 0.6) is 0 Å². The molecule has 1 aliphatic rings. The SMILES string of the molecule is CCN1CCN(CC[C@H](CCO)CCC(C)(C)C)CC1. The molecule has 0 aliphatic carbocycles. The van der Waals surface area contributed by atoms with Gasteiger partial charge in [-0.2, -0.15) is 0 Å². The Bertz CT molecular complexity index is 242. The predicted molar refractivity (Wildman–Crippen MR) is 87.1 cm³/mol. The molecule has 1 rings (SSSR count). The summed E-state index contributed by atoms with van der Waals surface area (Å²) in [6.07, 6.45) is 4.76. The van der Waals surface area contributed by atoms with E-state index in [4.69, 9.17) is 0 Å². The molecule has 0 saturated carbocycles. The van der Waals surface area contributed by atoms with Gasteiger partial charge in [-0.3, -0.25) is 0 Å². The minimum Gasteiger partial charge on any atom is -0.396 e. The lowest BCUT2D eigenvalue weighted by molar-refractivity contribution is 0.126. The molecule has 1 heterocycles. The maximum absolute atomic E-state index is 9.25. The summed E-state index contributed by atoms with van der Waals surface area (Å²) in [6, 6.07) is 0. The van der Waals surface area contributed by atoms with Gasteiger partial charge in [0, 0.05) is 32.8 Å². The first-order chi connectivity index (χ1) is 9.44. The highest BCUT2D eigenvalue weighted by Gasteiger charge is 2.18. The summed E-state index contributed by atoms with van der Waals surface area (Å²) in [7, 11) is 0. The Kier molecular flexibility index (Phi) is 8.08. The Morgan fingerprint density at radius 2 is 1.55 bits per heavy atom. The van der Waals surface area contributed by atoms with Crippen LogP contribution >= 0.6 is 0 Å². The number of likely N-dealkylation sites (N-methyl/N-ethyl adjacent to an activating group) is 1. The minimum atomic E-state index is 0.346. The summed E-state index contributed by atoms with van der Waals surface area (Å²) < 4.78 is 0. The van der Waals surface area contributed by atoms with Gasteiger partial charge in [0.2, 0.25) is 0 Å². The fourth-order valence-electron chi connectivity index (χ4n) is 2.95. The zero-order valence-electron chi connectivity index (χ0n) is 14.2. The first kappa shape index (κ1) is 17.9. The minimum absolute atomic E-state index is 0.346. The standard InChI is InChI=1S/C17H36N2O/c1-5-18-11-13-19(14-12-18)10-7-16(8-15-20)6-9-17(2,3)4/h16,20H,5-15H2,1-4H3/t16-/m1/s1. The highest BCUT2D eigenvalue weighted by Crippen LogP contribution is 2.26. The van der Waals surface area contributed by atoms with Crippen molar-refractivity contribution >= 4 is 0 Å². The van der Waals surface area contributed by atoms with E-state index in [9.17, 15) is 5.11 Å². The molecule has 0 radical (unpaired) electrons. The summed E-state index contributed by atoms with van der Waals surface area (Å²) in [5, 5.41) is 9.25. The monoisotopic (exact) mass is 284 g/mol. The summed E-state index contributed by atoms with van der Waals surface area (Å²) in [6.45, 7) is 16.8. The molecule has 20 heavy (non-hydrogen) atoms. The second kappa shape index (κ2) is 9.01. The smallest absolute Gasteiger partial charge is 0.0433 e. The van der Waals surface area contributed by atoms with Gasteiger partial charge in [-0.05, 0) is 50.1 Å². The van der Waals surface area contributed by atoms with Gasteiger partial charge in [0.15, 0.2) is 0 Å². The first-order valence-electron chi connectivity index (χ1n) is 8.50. The molecular formula is C17H36N2O. The van der Waals surface area contributed by atoms with Crippen LogP contribution in [0.1, 0.15) is 53.4 Å². The molecule has 0 amide bonds. The van der Waals surface area contributed by atoms with E-state index in [2.05, 4.69) is 37.5 Å². The van der Waals surface area contributed by atoms with E-state index in [-0.39, 0.29) is 0 Å².